The number of thiocarbonyl (C=S) groups is 1. The maximum Gasteiger partial charge on any atom is 0.205 e. The molecule has 0 aliphatic heterocycles. The summed E-state index contributed by atoms with van der Waals surface area (Å²) in [5, 5.41) is 7.21. The molecule has 0 saturated carbocycles. The second-order valence-electron chi connectivity index (χ2n) is 4.27. The van der Waals surface area contributed by atoms with Gasteiger partial charge in [0.1, 0.15) is 0 Å². The number of nitrogens with one attached hydrogen (secondary N) is 2. The van der Waals surface area contributed by atoms with E-state index in [4.69, 9.17) is 12.2 Å². The third-order valence-corrected chi connectivity index (χ3v) is 2.94. The minimum atomic E-state index is -0.172. The normalized spacial score (nSPS) is 10.3. The van der Waals surface area contributed by atoms with E-state index in [1.165, 1.54) is 6.21 Å². The fraction of sp³-hybridized carbons (Fsp3) is 0.0625. The van der Waals surface area contributed by atoms with Crippen LogP contribution >= 0.6 is 12.2 Å². The van der Waals surface area contributed by atoms with Gasteiger partial charge in [-0.05, 0) is 17.8 Å². The lowest BCUT2D eigenvalue weighted by Crippen LogP contribution is -2.31. The number of carbonyl (C=O) groups is 1. The molecule has 0 heterocycles. The summed E-state index contributed by atoms with van der Waals surface area (Å²) in [5.41, 5.74) is 4.33. The summed E-state index contributed by atoms with van der Waals surface area (Å²) >= 11 is 5.07. The third-order valence-electron chi connectivity index (χ3n) is 2.70. The van der Waals surface area contributed by atoms with Crippen molar-refractivity contribution in [3.05, 3.63) is 71.8 Å². The molecule has 0 saturated heterocycles. The van der Waals surface area contributed by atoms with Crippen LogP contribution in [-0.4, -0.2) is 17.1 Å². The van der Waals surface area contributed by atoms with Crippen molar-refractivity contribution in [3.63, 3.8) is 0 Å². The molecular formula is C16H15N3OS. The summed E-state index contributed by atoms with van der Waals surface area (Å²) in [7, 11) is 0. The van der Waals surface area contributed by atoms with Crippen molar-refractivity contribution in [2.75, 3.05) is 0 Å². The van der Waals surface area contributed by atoms with Crippen LogP contribution in [0, 0.1) is 0 Å². The summed E-state index contributed by atoms with van der Waals surface area (Å²) in [6, 6.07) is 18.8. The Bertz CT molecular complexity index is 626. The van der Waals surface area contributed by atoms with E-state index in [9.17, 15) is 4.79 Å². The Morgan fingerprint density at radius 2 is 1.67 bits per heavy atom. The lowest BCUT2D eigenvalue weighted by atomic mass is 10.1. The molecule has 2 aromatic rings. The molecule has 0 bridgehead atoms. The molecule has 0 unspecified atom stereocenters. The van der Waals surface area contributed by atoms with Crippen molar-refractivity contribution in [3.8, 4) is 0 Å². The molecular weight excluding hydrogens is 282 g/mol. The van der Waals surface area contributed by atoms with E-state index >= 15 is 0 Å². The van der Waals surface area contributed by atoms with Crippen molar-refractivity contribution < 1.29 is 4.79 Å². The molecule has 0 spiro atoms. The number of Topliss-reactive ketones (excluding diaryl/α,β-unsaturated/α-hetero) is 1. The Labute approximate surface area is 128 Å². The van der Waals surface area contributed by atoms with Crippen LogP contribution in [0.2, 0.25) is 0 Å². The van der Waals surface area contributed by atoms with E-state index in [-0.39, 0.29) is 5.78 Å². The zero-order chi connectivity index (χ0) is 14.9. The van der Waals surface area contributed by atoms with E-state index in [2.05, 4.69) is 15.8 Å². The number of hydrogen-bond donors (Lipinski definition) is 2. The van der Waals surface area contributed by atoms with Gasteiger partial charge in [-0.2, -0.15) is 5.10 Å². The van der Waals surface area contributed by atoms with E-state index in [0.29, 0.717) is 17.2 Å². The summed E-state index contributed by atoms with van der Waals surface area (Å²) in [5.74, 6) is -0.172. The molecule has 0 aromatic heterocycles. The van der Waals surface area contributed by atoms with Crippen molar-refractivity contribution in [2.45, 2.75) is 6.54 Å². The fourth-order valence-corrected chi connectivity index (χ4v) is 1.77. The van der Waals surface area contributed by atoms with Gasteiger partial charge < -0.3 is 5.32 Å². The molecule has 5 heteroatoms. The summed E-state index contributed by atoms with van der Waals surface area (Å²) < 4.78 is 0. The highest BCUT2D eigenvalue weighted by Gasteiger charge is 2.00. The molecule has 4 nitrogen and oxygen atoms in total. The predicted molar refractivity (Wildman–Crippen MR) is 88.3 cm³/mol. The third kappa shape index (κ3) is 5.16. The number of ketones is 1. The molecule has 2 rings (SSSR count). The van der Waals surface area contributed by atoms with E-state index in [0.717, 1.165) is 5.56 Å². The first-order valence-electron chi connectivity index (χ1n) is 6.46. The van der Waals surface area contributed by atoms with Gasteiger partial charge in [0.05, 0.1) is 6.21 Å². The van der Waals surface area contributed by atoms with Crippen molar-refractivity contribution in [2.24, 2.45) is 5.10 Å². The second-order valence-corrected chi connectivity index (χ2v) is 4.68. The topological polar surface area (TPSA) is 53.5 Å². The van der Waals surface area contributed by atoms with Gasteiger partial charge in [-0.25, -0.2) is 0 Å². The molecule has 0 amide bonds. The van der Waals surface area contributed by atoms with Gasteiger partial charge in [-0.1, -0.05) is 60.7 Å². The Hall–Kier alpha value is -2.53. The Balaban J connectivity index is 1.76. The monoisotopic (exact) mass is 297 g/mol. The van der Waals surface area contributed by atoms with Crippen LogP contribution in [0.1, 0.15) is 15.9 Å². The maximum absolute atomic E-state index is 11.8. The second kappa shape index (κ2) is 7.91. The number of hydrazone groups is 1. The van der Waals surface area contributed by atoms with Crippen LogP contribution in [-0.2, 0) is 6.54 Å². The van der Waals surface area contributed by atoms with Gasteiger partial charge in [0, 0.05) is 12.1 Å². The van der Waals surface area contributed by atoms with Crippen molar-refractivity contribution in [1.29, 1.82) is 0 Å². The summed E-state index contributed by atoms with van der Waals surface area (Å²) in [6.45, 7) is 0.606. The van der Waals surface area contributed by atoms with Crippen molar-refractivity contribution in [1.82, 2.24) is 10.7 Å². The zero-order valence-corrected chi connectivity index (χ0v) is 12.1. The van der Waals surface area contributed by atoms with Crippen molar-refractivity contribution >= 4 is 29.3 Å². The molecule has 106 valence electrons. The van der Waals surface area contributed by atoms with Gasteiger partial charge in [-0.15, -0.1) is 0 Å². The average Bonchev–Trinajstić information content (AvgIpc) is 2.54. The van der Waals surface area contributed by atoms with Gasteiger partial charge in [0.15, 0.2) is 5.11 Å². The fourth-order valence-electron chi connectivity index (χ4n) is 1.64. The highest BCUT2D eigenvalue weighted by Crippen LogP contribution is 1.98. The Kier molecular flexibility index (Phi) is 5.60. The molecule has 21 heavy (non-hydrogen) atoms. The molecule has 2 aromatic carbocycles. The highest BCUT2D eigenvalue weighted by atomic mass is 32.1. The quantitative estimate of drug-likeness (QED) is 0.385. The number of nitrogens with zero attached hydrogens (tertiary/aromatic N) is 1. The molecule has 0 aliphatic rings. The predicted octanol–water partition coefficient (Wildman–Crippen LogP) is 2.52. The first-order chi connectivity index (χ1) is 10.3. The highest BCUT2D eigenvalue weighted by molar-refractivity contribution is 7.80. The smallest absolute Gasteiger partial charge is 0.205 e. The number of rotatable bonds is 5. The minimum Gasteiger partial charge on any atom is -0.357 e. The van der Waals surface area contributed by atoms with Gasteiger partial charge in [-0.3, -0.25) is 10.2 Å². The minimum absolute atomic E-state index is 0.172. The van der Waals surface area contributed by atoms with Crippen LogP contribution in [0.15, 0.2) is 65.8 Å². The van der Waals surface area contributed by atoms with E-state index < -0.39 is 0 Å². The number of hydrogen-bond acceptors (Lipinski definition) is 3. The van der Waals surface area contributed by atoms with Crippen LogP contribution in [0.4, 0.5) is 0 Å². The van der Waals surface area contributed by atoms with Crippen LogP contribution in [0.5, 0.6) is 0 Å². The first kappa shape index (κ1) is 14.9. The molecule has 0 aliphatic carbocycles. The number of carbonyl (C=O) groups excluding carboxylic acids is 1. The van der Waals surface area contributed by atoms with Gasteiger partial charge in [0.25, 0.3) is 0 Å². The van der Waals surface area contributed by atoms with Crippen LogP contribution in [0.25, 0.3) is 0 Å². The summed E-state index contributed by atoms with van der Waals surface area (Å²) in [6.07, 6.45) is 1.21. The van der Waals surface area contributed by atoms with Gasteiger partial charge in [0.2, 0.25) is 5.78 Å². The number of benzene rings is 2. The Morgan fingerprint density at radius 1 is 1.05 bits per heavy atom. The van der Waals surface area contributed by atoms with Gasteiger partial charge >= 0.3 is 0 Å². The zero-order valence-electron chi connectivity index (χ0n) is 11.3. The molecule has 0 fully saturated rings. The Morgan fingerprint density at radius 3 is 2.33 bits per heavy atom. The SMILES string of the molecule is O=C(C=NNC(=S)NCc1ccccc1)c1ccccc1. The lowest BCUT2D eigenvalue weighted by Gasteiger charge is -2.06. The average molecular weight is 297 g/mol. The van der Waals surface area contributed by atoms with E-state index in [1.807, 2.05) is 36.4 Å². The van der Waals surface area contributed by atoms with Crippen LogP contribution in [0.3, 0.4) is 0 Å². The first-order valence-corrected chi connectivity index (χ1v) is 6.87. The van der Waals surface area contributed by atoms with Crippen LogP contribution < -0.4 is 10.7 Å². The largest absolute Gasteiger partial charge is 0.357 e. The molecule has 2 N–H and O–H groups in total. The van der Waals surface area contributed by atoms with E-state index in [1.54, 1.807) is 24.3 Å². The lowest BCUT2D eigenvalue weighted by molar-refractivity contribution is 0.107. The summed E-state index contributed by atoms with van der Waals surface area (Å²) in [4.78, 5) is 11.8. The standard InChI is InChI=1S/C16H15N3OS/c20-15(14-9-5-2-6-10-14)12-18-19-16(21)17-11-13-7-3-1-4-8-13/h1-10,12H,11H2,(H2,17,19,21). The molecule has 0 radical (unpaired) electrons. The molecule has 0 atom stereocenters. The maximum atomic E-state index is 11.8.